The Morgan fingerprint density at radius 1 is 0.781 bits per heavy atom. The predicted molar refractivity (Wildman–Crippen MR) is 282 cm³/mol. The van der Waals surface area contributed by atoms with E-state index in [-0.39, 0.29) is 60.7 Å². The quantitative estimate of drug-likeness (QED) is 0.0645. The van der Waals surface area contributed by atoms with Crippen LogP contribution in [0.1, 0.15) is 123 Å². The Hall–Kier alpha value is -6.90. The molecule has 6 aromatic rings. The fourth-order valence-corrected chi connectivity index (χ4v) is 12.1. The molecular formula is C59H69N9O5. The van der Waals surface area contributed by atoms with Gasteiger partial charge in [-0.1, -0.05) is 116 Å². The van der Waals surface area contributed by atoms with E-state index in [1.165, 1.54) is 5.56 Å². The molecular weight excluding hydrogens is 915 g/mol. The molecule has 3 aliphatic carbocycles. The molecule has 4 aliphatic rings. The monoisotopic (exact) mass is 984 g/mol. The fourth-order valence-electron chi connectivity index (χ4n) is 12.1. The van der Waals surface area contributed by atoms with Crippen LogP contribution in [0.15, 0.2) is 116 Å². The summed E-state index contributed by atoms with van der Waals surface area (Å²) in [4.78, 5) is 63.9. The number of nitrogens with zero attached hydrogens (tertiary/aromatic N) is 4. The number of hydrogen-bond donors (Lipinski definition) is 6. The summed E-state index contributed by atoms with van der Waals surface area (Å²) in [6.45, 7) is 2.31. The smallest absolute Gasteiger partial charge is 0.251 e. The Morgan fingerprint density at radius 2 is 1.47 bits per heavy atom. The molecule has 5 atom stereocenters. The second-order valence-electron chi connectivity index (χ2n) is 20.9. The fraction of sp³-hybridized carbons (Fsp3) is 0.424. The summed E-state index contributed by atoms with van der Waals surface area (Å²) in [5.41, 5.74) is 8.59. The molecule has 0 radical (unpaired) electrons. The molecule has 14 heteroatoms. The van der Waals surface area contributed by atoms with Gasteiger partial charge in [-0.05, 0) is 124 Å². The average molecular weight is 984 g/mol. The normalized spacial score (nSPS) is 22.0. The van der Waals surface area contributed by atoms with Gasteiger partial charge in [-0.15, -0.1) is 0 Å². The maximum atomic E-state index is 15.0. The first-order valence-electron chi connectivity index (χ1n) is 26.6. The summed E-state index contributed by atoms with van der Waals surface area (Å²) in [5, 5.41) is 33.4. The van der Waals surface area contributed by atoms with Gasteiger partial charge in [0.25, 0.3) is 5.91 Å². The van der Waals surface area contributed by atoms with Crippen LogP contribution in [0.5, 0.6) is 0 Å². The summed E-state index contributed by atoms with van der Waals surface area (Å²) < 4.78 is 4.16. The number of hydrogen-bond acceptors (Lipinski definition) is 8. The number of benzene rings is 4. The molecule has 0 unspecified atom stereocenters. The van der Waals surface area contributed by atoms with Crippen molar-refractivity contribution in [1.82, 2.24) is 40.3 Å². The minimum atomic E-state index is -0.849. The second kappa shape index (κ2) is 22.1. The Kier molecular flexibility index (Phi) is 15.0. The number of aryl methyl sites for hydroxylation is 1. The molecule has 380 valence electrons. The first-order chi connectivity index (χ1) is 35.6. The average Bonchev–Trinajstić information content (AvgIpc) is 4.00. The summed E-state index contributed by atoms with van der Waals surface area (Å²) in [7, 11) is 1.71. The van der Waals surface area contributed by atoms with Gasteiger partial charge in [-0.25, -0.2) is 4.98 Å². The third-order valence-corrected chi connectivity index (χ3v) is 16.2. The van der Waals surface area contributed by atoms with Gasteiger partial charge in [0.2, 0.25) is 17.7 Å². The predicted octanol–water partition coefficient (Wildman–Crippen LogP) is 7.74. The Balaban J connectivity index is 0.929. The maximum Gasteiger partial charge on any atom is 0.251 e. The van der Waals surface area contributed by atoms with E-state index in [1.54, 1.807) is 25.2 Å². The molecule has 1 aliphatic heterocycles. The molecule has 4 aromatic carbocycles. The number of aliphatic hydroxyl groups is 1. The van der Waals surface area contributed by atoms with Crippen LogP contribution in [0.25, 0.3) is 33.4 Å². The van der Waals surface area contributed by atoms with Crippen molar-refractivity contribution in [3.63, 3.8) is 0 Å². The highest BCUT2D eigenvalue weighted by Crippen LogP contribution is 2.40. The summed E-state index contributed by atoms with van der Waals surface area (Å²) in [6, 6.07) is 33.3. The van der Waals surface area contributed by atoms with Gasteiger partial charge < -0.3 is 40.4 Å². The Bertz CT molecular complexity index is 2990. The minimum Gasteiger partial charge on any atom is -0.393 e. The van der Waals surface area contributed by atoms with Gasteiger partial charge in [-0.2, -0.15) is 0 Å². The van der Waals surface area contributed by atoms with E-state index in [0.29, 0.717) is 36.1 Å². The molecule has 14 nitrogen and oxygen atoms in total. The van der Waals surface area contributed by atoms with Crippen LogP contribution < -0.4 is 26.8 Å². The number of carbonyl (C=O) groups excluding carboxylic acids is 4. The molecule has 73 heavy (non-hydrogen) atoms. The van der Waals surface area contributed by atoms with Crippen LogP contribution >= 0.6 is 0 Å². The van der Waals surface area contributed by atoms with E-state index in [1.807, 2.05) is 77.4 Å². The number of nitrogens with one attached hydrogen (secondary N) is 5. The Morgan fingerprint density at radius 3 is 2.18 bits per heavy atom. The van der Waals surface area contributed by atoms with E-state index < -0.39 is 24.2 Å². The van der Waals surface area contributed by atoms with Crippen LogP contribution in [-0.4, -0.2) is 91.6 Å². The Labute approximate surface area is 427 Å². The van der Waals surface area contributed by atoms with Gasteiger partial charge in [0.1, 0.15) is 23.2 Å². The third-order valence-electron chi connectivity index (χ3n) is 16.2. The van der Waals surface area contributed by atoms with E-state index >= 15 is 0 Å². The van der Waals surface area contributed by atoms with Crippen molar-refractivity contribution >= 4 is 34.7 Å². The molecule has 3 fully saturated rings. The number of amides is 4. The number of likely N-dealkylation sites (tertiary alicyclic amines) is 1. The lowest BCUT2D eigenvalue weighted by molar-refractivity contribution is -0.143. The summed E-state index contributed by atoms with van der Waals surface area (Å²) in [6.07, 6.45) is 11.9. The van der Waals surface area contributed by atoms with Gasteiger partial charge in [-0.3, -0.25) is 24.6 Å². The van der Waals surface area contributed by atoms with Gasteiger partial charge in [0, 0.05) is 36.3 Å². The molecule has 1 saturated heterocycles. The molecule has 0 bridgehead atoms. The lowest BCUT2D eigenvalue weighted by atomic mass is 9.83. The number of aliphatic hydroxyl groups excluding tert-OH is 1. The van der Waals surface area contributed by atoms with Crippen molar-refractivity contribution in [2.75, 3.05) is 13.6 Å². The number of rotatable bonds is 14. The van der Waals surface area contributed by atoms with Gasteiger partial charge >= 0.3 is 0 Å². The highest BCUT2D eigenvalue weighted by molar-refractivity contribution is 6.03. The molecule has 4 amide bonds. The zero-order chi connectivity index (χ0) is 50.6. The standard InChI is InChI=1S/C59H69N9O5/c1-37(61-2)56(70)65-52(41-18-8-4-9-19-41)59(73)66-35-44(33-49(66)58(72)64-48-24-14-22-39-15-12-13-23-47(39)48)63-57(71)43-27-25-38(26-28-43)34-67-53(42-20-10-5-11-21-42)50(40-16-6-3-7-17-40)51-54(60)68(36-62-55(51)67)45-29-31-46(69)32-30-45/h3,5-7,10-13,15-17,20-21,23,25-28,36-37,41,44-46,48-49,52,60-61,69H,4,8-9,14,18-19,22,24,29-35H2,1-2H3,(H,63,71)(H,64,72)(H,65,70)/t37-,44-,45-,46-,48+,49-,52-/m0/s1. The lowest BCUT2D eigenvalue weighted by Gasteiger charge is -2.35. The zero-order valence-corrected chi connectivity index (χ0v) is 42.1. The van der Waals surface area contributed by atoms with Gasteiger partial charge in [0.15, 0.2) is 0 Å². The van der Waals surface area contributed by atoms with Crippen molar-refractivity contribution in [3.05, 3.63) is 143 Å². The van der Waals surface area contributed by atoms with Crippen LogP contribution in [-0.2, 0) is 27.3 Å². The van der Waals surface area contributed by atoms with E-state index in [0.717, 1.165) is 103 Å². The lowest BCUT2D eigenvalue weighted by Crippen LogP contribution is -2.58. The molecule has 2 saturated carbocycles. The SMILES string of the molecule is CN[C@@H](C)C(=O)N[C@H](C(=O)N1C[C@@H](NC(=O)c2ccc(Cn3c(-c4ccccc4)c(-c4ccccc4)c4c(=N)n([C@H]5CC[C@H](O)CC5)cnc43)cc2)C[C@H]1C(=O)N[C@@H]1CCCc2ccccc21)C1CCCCC1. The second-order valence-corrected chi connectivity index (χ2v) is 20.9. The molecule has 10 rings (SSSR count). The number of fused-ring (bicyclic) bond motifs is 2. The van der Waals surface area contributed by atoms with Crippen molar-refractivity contribution < 1.29 is 24.3 Å². The number of carbonyl (C=O) groups is 4. The largest absolute Gasteiger partial charge is 0.393 e. The topological polar surface area (TPSA) is 186 Å². The van der Waals surface area contributed by atoms with E-state index in [2.05, 4.69) is 62.2 Å². The van der Waals surface area contributed by atoms with E-state index in [9.17, 15) is 29.7 Å². The summed E-state index contributed by atoms with van der Waals surface area (Å²) >= 11 is 0. The van der Waals surface area contributed by atoms with Gasteiger partial charge in [0.05, 0.1) is 35.6 Å². The summed E-state index contributed by atoms with van der Waals surface area (Å²) in [5.74, 6) is -1.18. The number of aromatic nitrogens is 3. The van der Waals surface area contributed by atoms with Crippen molar-refractivity contribution in [3.8, 4) is 22.4 Å². The third kappa shape index (κ3) is 10.5. The maximum absolute atomic E-state index is 15.0. The molecule has 6 N–H and O–H groups in total. The minimum absolute atomic E-state index is 0.0626. The van der Waals surface area contributed by atoms with Crippen molar-refractivity contribution in [2.24, 2.45) is 5.92 Å². The van der Waals surface area contributed by atoms with E-state index in [4.69, 9.17) is 4.98 Å². The van der Waals surface area contributed by atoms with Crippen molar-refractivity contribution in [1.29, 1.82) is 5.41 Å². The molecule has 2 aromatic heterocycles. The van der Waals surface area contributed by atoms with Crippen LogP contribution in [0.2, 0.25) is 0 Å². The van der Waals surface area contributed by atoms with Crippen molar-refractivity contribution in [2.45, 2.75) is 139 Å². The highest BCUT2D eigenvalue weighted by atomic mass is 16.3. The molecule has 0 spiro atoms. The number of likely N-dealkylation sites (N-methyl/N-ethyl adjacent to an activating group) is 1. The zero-order valence-electron chi connectivity index (χ0n) is 42.1. The van der Waals surface area contributed by atoms with Crippen LogP contribution in [0, 0.1) is 11.3 Å². The van der Waals surface area contributed by atoms with Crippen LogP contribution in [0.3, 0.4) is 0 Å². The molecule has 3 heterocycles. The first kappa shape index (κ1) is 49.7. The van der Waals surface area contributed by atoms with Crippen LogP contribution in [0.4, 0.5) is 0 Å². The highest BCUT2D eigenvalue weighted by Gasteiger charge is 2.45. The first-order valence-corrected chi connectivity index (χ1v) is 26.6.